The van der Waals surface area contributed by atoms with Crippen LogP contribution in [0.2, 0.25) is 0 Å². The number of para-hydroxylation sites is 1. The fourth-order valence-electron chi connectivity index (χ4n) is 2.72. The Balaban J connectivity index is 1.35. The standard InChI is InChI=1S/C21H16N2O5S3/c1-31(26,27)14-8-6-13(7-9-14)22-19(24)12-28-21(25)18-11-10-17(29-18)20-23-15-4-2-3-5-16(15)30-20/h2-11H,12H2,1H3,(H,22,24). The molecule has 2 aromatic heterocycles. The lowest BCUT2D eigenvalue weighted by Crippen LogP contribution is -2.20. The summed E-state index contributed by atoms with van der Waals surface area (Å²) in [5.41, 5.74) is 1.31. The molecule has 0 aliphatic heterocycles. The molecule has 0 atom stereocenters. The molecule has 0 fully saturated rings. The molecule has 7 nitrogen and oxygen atoms in total. The van der Waals surface area contributed by atoms with Gasteiger partial charge in [0.05, 0.1) is 20.0 Å². The van der Waals surface area contributed by atoms with E-state index in [2.05, 4.69) is 10.3 Å². The Morgan fingerprint density at radius 3 is 2.45 bits per heavy atom. The van der Waals surface area contributed by atoms with Gasteiger partial charge in [-0.1, -0.05) is 12.1 Å². The van der Waals surface area contributed by atoms with Gasteiger partial charge >= 0.3 is 5.97 Å². The maximum atomic E-state index is 12.3. The summed E-state index contributed by atoms with van der Waals surface area (Å²) in [6, 6.07) is 17.0. The number of sulfone groups is 1. The first-order valence-corrected chi connectivity index (χ1v) is 12.5. The number of rotatable bonds is 6. The van der Waals surface area contributed by atoms with Crippen molar-refractivity contribution in [2.24, 2.45) is 0 Å². The molecular formula is C21H16N2O5S3. The number of anilines is 1. The van der Waals surface area contributed by atoms with Gasteiger partial charge in [0.1, 0.15) is 9.88 Å². The van der Waals surface area contributed by atoms with Gasteiger partial charge in [-0.05, 0) is 48.5 Å². The van der Waals surface area contributed by atoms with Crippen molar-refractivity contribution in [2.75, 3.05) is 18.2 Å². The first kappa shape index (κ1) is 21.2. The van der Waals surface area contributed by atoms with Crippen molar-refractivity contribution in [1.29, 1.82) is 0 Å². The molecule has 0 radical (unpaired) electrons. The van der Waals surface area contributed by atoms with Crippen LogP contribution in [0.1, 0.15) is 9.67 Å². The topological polar surface area (TPSA) is 102 Å². The van der Waals surface area contributed by atoms with Crippen molar-refractivity contribution in [3.8, 4) is 9.88 Å². The SMILES string of the molecule is CS(=O)(=O)c1ccc(NC(=O)COC(=O)c2ccc(-c3nc4ccccc4s3)s2)cc1. The number of benzene rings is 2. The lowest BCUT2D eigenvalue weighted by Gasteiger charge is -2.06. The second-order valence-corrected chi connectivity index (χ2v) is 10.7. The van der Waals surface area contributed by atoms with E-state index in [1.54, 1.807) is 17.4 Å². The van der Waals surface area contributed by atoms with Crippen LogP contribution in [0.5, 0.6) is 0 Å². The average molecular weight is 473 g/mol. The Hall–Kier alpha value is -3.08. The fraction of sp³-hybridized carbons (Fsp3) is 0.0952. The third-order valence-electron chi connectivity index (χ3n) is 4.21. The van der Waals surface area contributed by atoms with Crippen LogP contribution in [-0.2, 0) is 19.4 Å². The Kier molecular flexibility index (Phi) is 5.86. The van der Waals surface area contributed by atoms with Gasteiger partial charge in [0.15, 0.2) is 16.4 Å². The van der Waals surface area contributed by atoms with E-state index >= 15 is 0 Å². The van der Waals surface area contributed by atoms with Crippen LogP contribution in [0.3, 0.4) is 0 Å². The fourth-order valence-corrected chi connectivity index (χ4v) is 5.28. The highest BCUT2D eigenvalue weighted by Gasteiger charge is 2.16. The van der Waals surface area contributed by atoms with Crippen molar-refractivity contribution in [3.05, 3.63) is 65.5 Å². The highest BCUT2D eigenvalue weighted by molar-refractivity contribution is 7.90. The number of carbonyl (C=O) groups is 2. The second kappa shape index (κ2) is 8.58. The molecule has 0 aliphatic rings. The maximum Gasteiger partial charge on any atom is 0.348 e. The number of hydrogen-bond donors (Lipinski definition) is 1. The zero-order chi connectivity index (χ0) is 22.0. The Bertz CT molecular complexity index is 1340. The monoisotopic (exact) mass is 472 g/mol. The zero-order valence-electron chi connectivity index (χ0n) is 16.2. The number of thiazole rings is 1. The van der Waals surface area contributed by atoms with E-state index in [0.29, 0.717) is 10.6 Å². The number of fused-ring (bicyclic) bond motifs is 1. The summed E-state index contributed by atoms with van der Waals surface area (Å²) in [6.45, 7) is -0.457. The van der Waals surface area contributed by atoms with Crippen LogP contribution in [0, 0.1) is 0 Å². The predicted molar refractivity (Wildman–Crippen MR) is 121 cm³/mol. The minimum Gasteiger partial charge on any atom is -0.451 e. The van der Waals surface area contributed by atoms with E-state index in [4.69, 9.17) is 4.74 Å². The minimum absolute atomic E-state index is 0.151. The summed E-state index contributed by atoms with van der Waals surface area (Å²) in [6.07, 6.45) is 1.10. The Morgan fingerprint density at radius 2 is 1.74 bits per heavy atom. The summed E-state index contributed by atoms with van der Waals surface area (Å²) in [5.74, 6) is -1.12. The van der Waals surface area contributed by atoms with Gasteiger partial charge in [-0.3, -0.25) is 4.79 Å². The van der Waals surface area contributed by atoms with Gasteiger partial charge in [0.2, 0.25) is 0 Å². The molecule has 1 amide bonds. The van der Waals surface area contributed by atoms with Crippen LogP contribution < -0.4 is 5.32 Å². The molecular weight excluding hydrogens is 456 g/mol. The molecule has 0 saturated heterocycles. The highest BCUT2D eigenvalue weighted by atomic mass is 32.2. The smallest absolute Gasteiger partial charge is 0.348 e. The first-order chi connectivity index (χ1) is 14.8. The molecule has 0 saturated carbocycles. The molecule has 10 heteroatoms. The molecule has 4 rings (SSSR count). The predicted octanol–water partition coefficient (Wildman–Crippen LogP) is 4.22. The van der Waals surface area contributed by atoms with Gasteiger partial charge in [-0.15, -0.1) is 22.7 Å². The van der Waals surface area contributed by atoms with E-state index in [9.17, 15) is 18.0 Å². The van der Waals surface area contributed by atoms with Gasteiger partial charge in [-0.25, -0.2) is 18.2 Å². The average Bonchev–Trinajstić information content (AvgIpc) is 3.39. The number of thiophene rings is 1. The van der Waals surface area contributed by atoms with Crippen LogP contribution in [-0.4, -0.2) is 38.1 Å². The summed E-state index contributed by atoms with van der Waals surface area (Å²) < 4.78 is 29.1. The van der Waals surface area contributed by atoms with Crippen molar-refractivity contribution in [1.82, 2.24) is 4.98 Å². The van der Waals surface area contributed by atoms with Crippen molar-refractivity contribution in [2.45, 2.75) is 4.90 Å². The largest absolute Gasteiger partial charge is 0.451 e. The van der Waals surface area contributed by atoms with Crippen molar-refractivity contribution in [3.63, 3.8) is 0 Å². The quantitative estimate of drug-likeness (QED) is 0.422. The molecule has 0 spiro atoms. The molecule has 2 heterocycles. The second-order valence-electron chi connectivity index (χ2n) is 6.57. The van der Waals surface area contributed by atoms with Gasteiger partial charge < -0.3 is 10.1 Å². The summed E-state index contributed by atoms with van der Waals surface area (Å²) in [7, 11) is -3.31. The third kappa shape index (κ3) is 4.98. The summed E-state index contributed by atoms with van der Waals surface area (Å²) in [4.78, 5) is 30.3. The number of carbonyl (C=O) groups excluding carboxylic acids is 2. The molecule has 4 aromatic rings. The van der Waals surface area contributed by atoms with Crippen LogP contribution >= 0.6 is 22.7 Å². The zero-order valence-corrected chi connectivity index (χ0v) is 18.6. The van der Waals surface area contributed by atoms with Gasteiger partial charge in [0, 0.05) is 11.9 Å². The van der Waals surface area contributed by atoms with E-state index in [1.165, 1.54) is 35.6 Å². The molecule has 0 unspecified atom stereocenters. The van der Waals surface area contributed by atoms with Gasteiger partial charge in [0.25, 0.3) is 5.91 Å². The highest BCUT2D eigenvalue weighted by Crippen LogP contribution is 2.34. The number of hydrogen-bond acceptors (Lipinski definition) is 8. The normalized spacial score (nSPS) is 11.4. The van der Waals surface area contributed by atoms with Crippen molar-refractivity contribution < 1.29 is 22.7 Å². The molecule has 1 N–H and O–H groups in total. The lowest BCUT2D eigenvalue weighted by molar-refractivity contribution is -0.119. The summed E-state index contributed by atoms with van der Waals surface area (Å²) >= 11 is 2.80. The number of nitrogens with zero attached hydrogens (tertiary/aromatic N) is 1. The number of esters is 1. The number of amides is 1. The van der Waals surface area contributed by atoms with Crippen LogP contribution in [0.25, 0.3) is 20.1 Å². The first-order valence-electron chi connectivity index (χ1n) is 9.02. The number of nitrogens with one attached hydrogen (secondary N) is 1. The van der Waals surface area contributed by atoms with E-state index in [-0.39, 0.29) is 4.90 Å². The molecule has 158 valence electrons. The number of ether oxygens (including phenoxy) is 1. The Labute approximate surface area is 186 Å². The van der Waals surface area contributed by atoms with E-state index in [1.807, 2.05) is 30.3 Å². The summed E-state index contributed by atoms with van der Waals surface area (Å²) in [5, 5.41) is 3.38. The van der Waals surface area contributed by atoms with Gasteiger partial charge in [-0.2, -0.15) is 0 Å². The minimum atomic E-state index is -3.31. The van der Waals surface area contributed by atoms with Crippen LogP contribution in [0.15, 0.2) is 65.6 Å². The van der Waals surface area contributed by atoms with Crippen LogP contribution in [0.4, 0.5) is 5.69 Å². The maximum absolute atomic E-state index is 12.3. The molecule has 2 aromatic carbocycles. The van der Waals surface area contributed by atoms with E-state index < -0.39 is 28.3 Å². The molecule has 0 aliphatic carbocycles. The lowest BCUT2D eigenvalue weighted by atomic mass is 10.3. The molecule has 0 bridgehead atoms. The van der Waals surface area contributed by atoms with E-state index in [0.717, 1.165) is 26.4 Å². The van der Waals surface area contributed by atoms with Crippen molar-refractivity contribution >= 4 is 60.3 Å². The number of aromatic nitrogens is 1. The Morgan fingerprint density at radius 1 is 1.00 bits per heavy atom. The molecule has 31 heavy (non-hydrogen) atoms. The third-order valence-corrected chi connectivity index (χ3v) is 7.61.